The Morgan fingerprint density at radius 1 is 1.59 bits per heavy atom. The molecule has 0 radical (unpaired) electrons. The minimum atomic E-state index is -0.297. The Morgan fingerprint density at radius 3 is 3.12 bits per heavy atom. The molecule has 1 aliphatic heterocycles. The van der Waals surface area contributed by atoms with E-state index in [0.29, 0.717) is 18.0 Å². The average Bonchev–Trinajstić information content (AvgIpc) is 2.86. The first kappa shape index (κ1) is 10.3. The topological polar surface area (TPSA) is 86.5 Å². The van der Waals surface area contributed by atoms with Crippen molar-refractivity contribution >= 4 is 11.5 Å². The lowest BCUT2D eigenvalue weighted by Crippen LogP contribution is -2.23. The van der Waals surface area contributed by atoms with Crippen LogP contribution in [-0.2, 0) is 0 Å². The van der Waals surface area contributed by atoms with Crippen LogP contribution in [0.1, 0.15) is 12.2 Å². The van der Waals surface area contributed by atoms with E-state index in [4.69, 9.17) is 0 Å². The summed E-state index contributed by atoms with van der Waals surface area (Å²) in [5, 5.41) is 15.8. The minimum absolute atomic E-state index is 0.280. The van der Waals surface area contributed by atoms with E-state index >= 15 is 0 Å². The number of β-amino-alcohol motifs (C(OH)–C–C–N with tert-alkyl or cyclic N) is 1. The predicted molar refractivity (Wildman–Crippen MR) is 61.2 cm³/mol. The van der Waals surface area contributed by atoms with Gasteiger partial charge in [0.05, 0.1) is 6.10 Å². The second-order valence-corrected chi connectivity index (χ2v) is 4.27. The van der Waals surface area contributed by atoms with Gasteiger partial charge in [-0.2, -0.15) is 5.10 Å². The number of hydrogen-bond donors (Lipinski definition) is 2. The number of aliphatic hydroxyl groups excluding tert-OH is 1. The van der Waals surface area contributed by atoms with Crippen LogP contribution >= 0.6 is 0 Å². The van der Waals surface area contributed by atoms with Crippen molar-refractivity contribution in [3.05, 3.63) is 22.4 Å². The van der Waals surface area contributed by atoms with Crippen LogP contribution in [-0.4, -0.2) is 43.9 Å². The van der Waals surface area contributed by atoms with Crippen molar-refractivity contribution in [3.8, 4) is 0 Å². The number of aryl methyl sites for hydroxylation is 1. The summed E-state index contributed by atoms with van der Waals surface area (Å²) in [6.45, 7) is 3.12. The summed E-state index contributed by atoms with van der Waals surface area (Å²) in [7, 11) is 0. The molecule has 1 saturated heterocycles. The number of nitrogens with one attached hydrogen (secondary N) is 1. The van der Waals surface area contributed by atoms with Crippen LogP contribution < -0.4 is 10.6 Å². The molecule has 2 aromatic heterocycles. The van der Waals surface area contributed by atoms with Crippen LogP contribution in [0, 0.1) is 6.92 Å². The van der Waals surface area contributed by atoms with Gasteiger partial charge in [0, 0.05) is 19.2 Å². The van der Waals surface area contributed by atoms with Crippen molar-refractivity contribution < 1.29 is 5.11 Å². The van der Waals surface area contributed by atoms with Crippen LogP contribution in [0.5, 0.6) is 0 Å². The van der Waals surface area contributed by atoms with Gasteiger partial charge in [-0.1, -0.05) is 0 Å². The summed E-state index contributed by atoms with van der Waals surface area (Å²) in [4.78, 5) is 17.8. The van der Waals surface area contributed by atoms with Gasteiger partial charge in [0.2, 0.25) is 0 Å². The molecule has 0 unspecified atom stereocenters. The molecule has 2 aromatic rings. The van der Waals surface area contributed by atoms with Crippen molar-refractivity contribution in [2.24, 2.45) is 0 Å². The van der Waals surface area contributed by atoms with Gasteiger partial charge in [0.15, 0.2) is 5.65 Å². The van der Waals surface area contributed by atoms with Crippen LogP contribution in [0.2, 0.25) is 0 Å². The number of aromatic nitrogens is 4. The van der Waals surface area contributed by atoms with Gasteiger partial charge in [-0.05, 0) is 13.3 Å². The molecule has 1 fully saturated rings. The van der Waals surface area contributed by atoms with Crippen molar-refractivity contribution in [3.63, 3.8) is 0 Å². The molecule has 0 aromatic carbocycles. The molecular formula is C10H13N5O2. The molecule has 3 heterocycles. The number of aromatic amines is 1. The minimum Gasteiger partial charge on any atom is -0.391 e. The second kappa shape index (κ2) is 3.56. The van der Waals surface area contributed by atoms with Crippen molar-refractivity contribution in [1.82, 2.24) is 19.6 Å². The zero-order chi connectivity index (χ0) is 12.0. The molecule has 0 bridgehead atoms. The Bertz CT molecular complexity index is 617. The van der Waals surface area contributed by atoms with E-state index in [1.54, 1.807) is 13.0 Å². The van der Waals surface area contributed by atoms with Gasteiger partial charge < -0.3 is 10.0 Å². The quantitative estimate of drug-likeness (QED) is 0.682. The van der Waals surface area contributed by atoms with Crippen LogP contribution in [0.15, 0.2) is 10.9 Å². The van der Waals surface area contributed by atoms with Crippen molar-refractivity contribution in [1.29, 1.82) is 0 Å². The third-order valence-corrected chi connectivity index (χ3v) is 3.04. The van der Waals surface area contributed by atoms with Crippen molar-refractivity contribution in [2.75, 3.05) is 18.0 Å². The molecule has 1 atom stereocenters. The van der Waals surface area contributed by atoms with Crippen LogP contribution in [0.3, 0.4) is 0 Å². The summed E-state index contributed by atoms with van der Waals surface area (Å²) in [5.41, 5.74) is 0.275. The van der Waals surface area contributed by atoms with E-state index in [1.165, 1.54) is 4.40 Å². The molecule has 17 heavy (non-hydrogen) atoms. The molecule has 7 heteroatoms. The highest BCUT2D eigenvalue weighted by atomic mass is 16.3. The smallest absolute Gasteiger partial charge is 0.349 e. The first-order valence-electron chi connectivity index (χ1n) is 5.53. The zero-order valence-corrected chi connectivity index (χ0v) is 9.42. The zero-order valence-electron chi connectivity index (χ0n) is 9.42. The van der Waals surface area contributed by atoms with Crippen molar-refractivity contribution in [2.45, 2.75) is 19.4 Å². The number of anilines is 1. The van der Waals surface area contributed by atoms with Gasteiger partial charge in [0.1, 0.15) is 11.6 Å². The lowest BCUT2D eigenvalue weighted by molar-refractivity contribution is 0.198. The van der Waals surface area contributed by atoms with Crippen LogP contribution in [0.4, 0.5) is 5.82 Å². The van der Waals surface area contributed by atoms with Crippen LogP contribution in [0.25, 0.3) is 5.65 Å². The van der Waals surface area contributed by atoms with E-state index < -0.39 is 0 Å². The Hall–Kier alpha value is -1.89. The van der Waals surface area contributed by atoms with E-state index in [9.17, 15) is 9.90 Å². The predicted octanol–water partition coefficient (Wildman–Crippen LogP) is -0.703. The monoisotopic (exact) mass is 235 g/mol. The number of hydrogen-bond acceptors (Lipinski definition) is 5. The number of aliphatic hydroxyl groups is 1. The first-order valence-corrected chi connectivity index (χ1v) is 5.53. The van der Waals surface area contributed by atoms with Gasteiger partial charge in [-0.25, -0.2) is 19.3 Å². The molecule has 0 saturated carbocycles. The summed E-state index contributed by atoms with van der Waals surface area (Å²) >= 11 is 0. The lowest BCUT2D eigenvalue weighted by Gasteiger charge is -2.16. The Morgan fingerprint density at radius 2 is 2.41 bits per heavy atom. The molecule has 7 nitrogen and oxygen atoms in total. The standard InChI is InChI=1S/C10H13N5O2/c1-6-11-8(14-3-2-7(16)5-14)4-9-12-13-10(17)15(6)9/h4,7,16H,2-3,5H2,1H3,(H,13,17)/t7-/m0/s1. The second-order valence-electron chi connectivity index (χ2n) is 4.27. The highest BCUT2D eigenvalue weighted by Crippen LogP contribution is 2.19. The molecule has 0 aliphatic carbocycles. The van der Waals surface area contributed by atoms with Gasteiger partial charge in [0.25, 0.3) is 0 Å². The molecule has 90 valence electrons. The van der Waals surface area contributed by atoms with Gasteiger partial charge in [-0.3, -0.25) is 0 Å². The fourth-order valence-corrected chi connectivity index (χ4v) is 2.19. The first-order chi connectivity index (χ1) is 8.15. The SMILES string of the molecule is Cc1nc(N2CC[C@H](O)C2)cc2n[nH]c(=O)n12. The largest absolute Gasteiger partial charge is 0.391 e. The molecular weight excluding hydrogens is 222 g/mol. The number of rotatable bonds is 1. The Kier molecular flexibility index (Phi) is 2.15. The molecule has 0 amide bonds. The van der Waals surface area contributed by atoms with Gasteiger partial charge in [-0.15, -0.1) is 0 Å². The maximum atomic E-state index is 11.4. The third kappa shape index (κ3) is 1.59. The van der Waals surface area contributed by atoms with E-state index in [1.807, 2.05) is 4.90 Å². The summed E-state index contributed by atoms with van der Waals surface area (Å²) < 4.78 is 1.43. The van der Waals surface area contributed by atoms with E-state index in [0.717, 1.165) is 18.8 Å². The van der Waals surface area contributed by atoms with E-state index in [2.05, 4.69) is 15.2 Å². The molecule has 2 N–H and O–H groups in total. The Labute approximate surface area is 96.7 Å². The molecule has 1 aliphatic rings. The van der Waals surface area contributed by atoms with Gasteiger partial charge >= 0.3 is 5.69 Å². The Balaban J connectivity index is 2.10. The highest BCUT2D eigenvalue weighted by molar-refractivity contribution is 5.52. The maximum Gasteiger partial charge on any atom is 0.349 e. The fourth-order valence-electron chi connectivity index (χ4n) is 2.19. The normalized spacial score (nSPS) is 20.4. The summed E-state index contributed by atoms with van der Waals surface area (Å²) in [6, 6.07) is 1.75. The summed E-state index contributed by atoms with van der Waals surface area (Å²) in [6.07, 6.45) is 0.453. The molecule has 3 rings (SSSR count). The molecule has 0 spiro atoms. The maximum absolute atomic E-state index is 11.4. The van der Waals surface area contributed by atoms with E-state index in [-0.39, 0.29) is 11.8 Å². The summed E-state index contributed by atoms with van der Waals surface area (Å²) in [5.74, 6) is 1.35. The number of fused-ring (bicyclic) bond motifs is 1. The third-order valence-electron chi connectivity index (χ3n) is 3.04. The lowest BCUT2D eigenvalue weighted by atomic mass is 10.3. The number of H-pyrrole nitrogens is 1. The average molecular weight is 235 g/mol. The number of nitrogens with zero attached hydrogens (tertiary/aromatic N) is 4. The highest BCUT2D eigenvalue weighted by Gasteiger charge is 2.22. The fraction of sp³-hybridized carbons (Fsp3) is 0.500.